The lowest BCUT2D eigenvalue weighted by atomic mass is 9.93. The lowest BCUT2D eigenvalue weighted by Gasteiger charge is -2.29. The molecule has 1 heterocycles. The second-order valence-electron chi connectivity index (χ2n) is 8.78. The summed E-state index contributed by atoms with van der Waals surface area (Å²) in [5.74, 6) is -1.75. The first-order valence-corrected chi connectivity index (χ1v) is 13.1. The predicted molar refractivity (Wildman–Crippen MR) is 144 cm³/mol. The van der Waals surface area contributed by atoms with Crippen molar-refractivity contribution in [2.24, 2.45) is 0 Å². The molecule has 3 unspecified atom stereocenters. The Balaban J connectivity index is 1.48. The number of ketones is 1. The van der Waals surface area contributed by atoms with Crippen LogP contribution in [0, 0.1) is 11.6 Å². The van der Waals surface area contributed by atoms with Crippen LogP contribution < -0.4 is 4.74 Å². The number of aromatic nitrogens is 3. The van der Waals surface area contributed by atoms with Gasteiger partial charge in [-0.1, -0.05) is 58.2 Å². The fourth-order valence-electron chi connectivity index (χ4n) is 3.99. The molecule has 0 aliphatic heterocycles. The Morgan fingerprint density at radius 2 is 1.87 bits per heavy atom. The van der Waals surface area contributed by atoms with E-state index in [2.05, 4.69) is 26.0 Å². The van der Waals surface area contributed by atoms with Crippen molar-refractivity contribution in [2.75, 3.05) is 6.61 Å². The molecule has 4 rings (SSSR count). The number of benzene rings is 3. The molecule has 0 bridgehead atoms. The van der Waals surface area contributed by atoms with Crippen LogP contribution in [0.2, 0.25) is 10.0 Å². The van der Waals surface area contributed by atoms with Crippen molar-refractivity contribution in [2.45, 2.75) is 29.8 Å². The van der Waals surface area contributed by atoms with Crippen molar-refractivity contribution in [3.05, 3.63) is 112 Å². The summed E-state index contributed by atoms with van der Waals surface area (Å²) < 4.78 is 35.2. The molecule has 0 saturated heterocycles. The number of halogens is 5. The lowest BCUT2D eigenvalue weighted by Crippen LogP contribution is -2.39. The molecule has 198 valence electrons. The Labute approximate surface area is 236 Å². The third kappa shape index (κ3) is 6.40. The van der Waals surface area contributed by atoms with Gasteiger partial charge in [-0.15, -0.1) is 0 Å². The van der Waals surface area contributed by atoms with Crippen LogP contribution >= 0.6 is 39.1 Å². The molecule has 3 atom stereocenters. The number of carbonyl (C=O) groups is 1. The molecular formula is C27H22BrCl2F2N3O3. The summed E-state index contributed by atoms with van der Waals surface area (Å²) in [5.41, 5.74) is -0.837. The van der Waals surface area contributed by atoms with E-state index < -0.39 is 22.1 Å². The van der Waals surface area contributed by atoms with Gasteiger partial charge in [0.1, 0.15) is 42.2 Å². The van der Waals surface area contributed by atoms with Crippen molar-refractivity contribution < 1.29 is 23.4 Å². The molecular weight excluding hydrogens is 603 g/mol. The molecule has 0 aliphatic carbocycles. The zero-order valence-electron chi connectivity index (χ0n) is 20.0. The third-order valence-electron chi connectivity index (χ3n) is 6.08. The Kier molecular flexibility index (Phi) is 8.82. The van der Waals surface area contributed by atoms with Crippen LogP contribution in [0.3, 0.4) is 0 Å². The van der Waals surface area contributed by atoms with E-state index in [1.165, 1.54) is 17.3 Å². The van der Waals surface area contributed by atoms with E-state index in [1.54, 1.807) is 42.5 Å². The molecule has 1 aromatic heterocycles. The summed E-state index contributed by atoms with van der Waals surface area (Å²) >= 11 is 15.8. The minimum absolute atomic E-state index is 0.154. The highest BCUT2D eigenvalue weighted by Gasteiger charge is 2.35. The SMILES string of the molecule is CC(c1ccc(Cl)cc1Cl)C(Br)C(=O)c1ccc(OCC(O)(Cn2cncn2)c2ccc(F)cc2F)cc1. The summed E-state index contributed by atoms with van der Waals surface area (Å²) in [4.78, 5) is 16.4. The van der Waals surface area contributed by atoms with Crippen LogP contribution in [0.4, 0.5) is 8.78 Å². The van der Waals surface area contributed by atoms with Crippen LogP contribution in [-0.4, -0.2) is 37.1 Å². The zero-order valence-corrected chi connectivity index (χ0v) is 23.1. The number of Topliss-reactive ketones (excluding diaryl/α,β-unsaturated/α-hetero) is 1. The molecule has 0 fully saturated rings. The standard InChI is InChI=1S/C27H22BrCl2F2N3O3/c1-16(21-8-4-18(29)10-23(21)30)25(28)26(36)17-2-6-20(7-3-17)38-13-27(37,12-35-15-33-14-34-35)22-9-5-19(31)11-24(22)32/h2-11,14-16,25,37H,12-13H2,1H3. The maximum absolute atomic E-state index is 14.6. The van der Waals surface area contributed by atoms with Crippen molar-refractivity contribution >= 4 is 44.9 Å². The van der Waals surface area contributed by atoms with E-state index in [-0.39, 0.29) is 30.4 Å². The first kappa shape index (κ1) is 28.2. The number of nitrogens with zero attached hydrogens (tertiary/aromatic N) is 3. The number of carbonyl (C=O) groups excluding carboxylic acids is 1. The highest BCUT2D eigenvalue weighted by molar-refractivity contribution is 9.10. The molecule has 6 nitrogen and oxygen atoms in total. The number of rotatable bonds is 10. The third-order valence-corrected chi connectivity index (χ3v) is 7.85. The summed E-state index contributed by atoms with van der Waals surface area (Å²) in [7, 11) is 0. The quantitative estimate of drug-likeness (QED) is 0.159. The summed E-state index contributed by atoms with van der Waals surface area (Å²) in [6.45, 7) is 1.31. The molecule has 3 aromatic carbocycles. The Morgan fingerprint density at radius 1 is 1.13 bits per heavy atom. The van der Waals surface area contributed by atoms with Crippen LogP contribution in [-0.2, 0) is 12.1 Å². The van der Waals surface area contributed by atoms with Crippen LogP contribution in [0.15, 0.2) is 73.3 Å². The smallest absolute Gasteiger partial charge is 0.177 e. The van der Waals surface area contributed by atoms with E-state index >= 15 is 0 Å². The molecule has 0 saturated carbocycles. The second kappa shape index (κ2) is 11.9. The molecule has 38 heavy (non-hydrogen) atoms. The molecule has 1 N–H and O–H groups in total. The van der Waals surface area contributed by atoms with Gasteiger partial charge in [-0.2, -0.15) is 5.10 Å². The first-order valence-electron chi connectivity index (χ1n) is 11.4. The molecule has 11 heteroatoms. The summed E-state index contributed by atoms with van der Waals surface area (Å²) in [6.07, 6.45) is 2.64. The number of ether oxygens (including phenoxy) is 1. The fraction of sp³-hybridized carbons (Fsp3) is 0.222. The molecule has 0 amide bonds. The second-order valence-corrected chi connectivity index (χ2v) is 10.6. The normalized spacial score (nSPS) is 14.5. The largest absolute Gasteiger partial charge is 0.490 e. The summed E-state index contributed by atoms with van der Waals surface area (Å²) in [5, 5.41) is 16.3. The molecule has 0 radical (unpaired) electrons. The summed E-state index contributed by atoms with van der Waals surface area (Å²) in [6, 6.07) is 14.4. The average molecular weight is 625 g/mol. The van der Waals surface area contributed by atoms with E-state index in [4.69, 9.17) is 27.9 Å². The average Bonchev–Trinajstić information content (AvgIpc) is 3.39. The van der Waals surface area contributed by atoms with Crippen LogP contribution in [0.1, 0.15) is 34.3 Å². The number of alkyl halides is 1. The Hall–Kier alpha value is -2.85. The minimum atomic E-state index is -1.89. The zero-order chi connectivity index (χ0) is 27.4. The van der Waals surface area contributed by atoms with E-state index in [9.17, 15) is 18.7 Å². The minimum Gasteiger partial charge on any atom is -0.490 e. The van der Waals surface area contributed by atoms with Crippen molar-refractivity contribution in [1.82, 2.24) is 14.8 Å². The van der Waals surface area contributed by atoms with Gasteiger partial charge in [0.25, 0.3) is 0 Å². The van der Waals surface area contributed by atoms with Gasteiger partial charge in [0.2, 0.25) is 0 Å². The van der Waals surface area contributed by atoms with Gasteiger partial charge in [-0.3, -0.25) is 4.79 Å². The van der Waals surface area contributed by atoms with Crippen molar-refractivity contribution in [1.29, 1.82) is 0 Å². The molecule has 0 aliphatic rings. The highest BCUT2D eigenvalue weighted by atomic mass is 79.9. The molecule has 0 spiro atoms. The van der Waals surface area contributed by atoms with Crippen LogP contribution in [0.5, 0.6) is 5.75 Å². The Bertz CT molecular complexity index is 1420. The van der Waals surface area contributed by atoms with Gasteiger partial charge >= 0.3 is 0 Å². The predicted octanol–water partition coefficient (Wildman–Crippen LogP) is 6.58. The van der Waals surface area contributed by atoms with Gasteiger partial charge in [0.05, 0.1) is 11.4 Å². The monoisotopic (exact) mass is 623 g/mol. The van der Waals surface area contributed by atoms with Crippen LogP contribution in [0.25, 0.3) is 0 Å². The number of hydrogen-bond acceptors (Lipinski definition) is 5. The maximum atomic E-state index is 14.6. The van der Waals surface area contributed by atoms with Gasteiger partial charge in [0.15, 0.2) is 5.78 Å². The highest BCUT2D eigenvalue weighted by Crippen LogP contribution is 2.34. The maximum Gasteiger partial charge on any atom is 0.177 e. The van der Waals surface area contributed by atoms with E-state index in [1.807, 2.05) is 6.92 Å². The number of aliphatic hydroxyl groups is 1. The van der Waals surface area contributed by atoms with Gasteiger partial charge in [-0.05, 0) is 48.0 Å². The lowest BCUT2D eigenvalue weighted by molar-refractivity contribution is -0.0297. The first-order chi connectivity index (χ1) is 18.1. The van der Waals surface area contributed by atoms with Crippen molar-refractivity contribution in [3.63, 3.8) is 0 Å². The van der Waals surface area contributed by atoms with E-state index in [0.29, 0.717) is 27.4 Å². The number of hydrogen-bond donors (Lipinski definition) is 1. The van der Waals surface area contributed by atoms with Gasteiger partial charge in [-0.25, -0.2) is 18.4 Å². The van der Waals surface area contributed by atoms with Crippen molar-refractivity contribution in [3.8, 4) is 5.75 Å². The topological polar surface area (TPSA) is 77.2 Å². The van der Waals surface area contributed by atoms with E-state index in [0.717, 1.165) is 17.7 Å². The fourth-order valence-corrected chi connectivity index (χ4v) is 5.12. The Morgan fingerprint density at radius 3 is 2.50 bits per heavy atom. The molecule has 4 aromatic rings. The van der Waals surface area contributed by atoms with Gasteiger partial charge < -0.3 is 9.84 Å². The van der Waals surface area contributed by atoms with Gasteiger partial charge in [0, 0.05) is 33.2 Å².